The second-order valence-corrected chi connectivity index (χ2v) is 7.43. The minimum Gasteiger partial charge on any atom is -0.301 e. The second-order valence-electron chi connectivity index (χ2n) is 5.97. The molecule has 1 heterocycles. The number of hydrogen-bond donors (Lipinski definition) is 1. The zero-order valence-electron chi connectivity index (χ0n) is 11.8. The van der Waals surface area contributed by atoms with Crippen LogP contribution in [0.5, 0.6) is 0 Å². The Hall–Kier alpha value is -0.950. The molecule has 7 heteroatoms. The van der Waals surface area contributed by atoms with E-state index in [2.05, 4.69) is 24.0 Å². The van der Waals surface area contributed by atoms with E-state index in [1.54, 1.807) is 4.57 Å². The van der Waals surface area contributed by atoms with E-state index >= 15 is 0 Å². The molecule has 2 rings (SSSR count). The molecule has 1 aromatic heterocycles. The second kappa shape index (κ2) is 4.86. The Labute approximate surface area is 114 Å². The lowest BCUT2D eigenvalue weighted by molar-refractivity contribution is 0.312. The van der Waals surface area contributed by atoms with Gasteiger partial charge in [0.15, 0.2) is 0 Å². The van der Waals surface area contributed by atoms with Crippen molar-refractivity contribution in [3.8, 4) is 0 Å². The van der Waals surface area contributed by atoms with Gasteiger partial charge < -0.3 is 4.57 Å². The normalized spacial score (nSPS) is 22.8. The van der Waals surface area contributed by atoms with Crippen molar-refractivity contribution in [2.75, 3.05) is 0 Å². The molecular weight excluding hydrogens is 264 g/mol. The number of hydrogen-bond acceptors (Lipinski definition) is 4. The SMILES string of the molecule is CCCn1c(C2CCCC2(C)C)nnc1S(N)(=O)=O. The Kier molecular flexibility index (Phi) is 3.70. The van der Waals surface area contributed by atoms with Gasteiger partial charge in [0, 0.05) is 12.5 Å². The van der Waals surface area contributed by atoms with Crippen molar-refractivity contribution < 1.29 is 8.42 Å². The summed E-state index contributed by atoms with van der Waals surface area (Å²) in [5.41, 5.74) is 0.133. The molecule has 1 atom stereocenters. The topological polar surface area (TPSA) is 90.9 Å². The zero-order chi connectivity index (χ0) is 14.3. The maximum Gasteiger partial charge on any atom is 0.273 e. The average Bonchev–Trinajstić information content (AvgIpc) is 2.81. The third-order valence-corrected chi connectivity index (χ3v) is 4.83. The van der Waals surface area contributed by atoms with Gasteiger partial charge in [-0.2, -0.15) is 0 Å². The molecule has 2 N–H and O–H groups in total. The smallest absolute Gasteiger partial charge is 0.273 e. The Morgan fingerprint density at radius 2 is 2.11 bits per heavy atom. The first-order chi connectivity index (χ1) is 8.77. The van der Waals surface area contributed by atoms with E-state index < -0.39 is 10.0 Å². The van der Waals surface area contributed by atoms with Crippen LogP contribution in [-0.4, -0.2) is 23.2 Å². The van der Waals surface area contributed by atoms with E-state index in [9.17, 15) is 8.42 Å². The van der Waals surface area contributed by atoms with Gasteiger partial charge in [-0.3, -0.25) is 0 Å². The van der Waals surface area contributed by atoms with E-state index in [-0.39, 0.29) is 16.5 Å². The average molecular weight is 286 g/mol. The summed E-state index contributed by atoms with van der Waals surface area (Å²) in [6.45, 7) is 6.98. The number of aromatic nitrogens is 3. The van der Waals surface area contributed by atoms with E-state index in [1.807, 2.05) is 6.92 Å². The Morgan fingerprint density at radius 1 is 1.42 bits per heavy atom. The Bertz CT molecular complexity index is 562. The van der Waals surface area contributed by atoms with Crippen LogP contribution in [0.25, 0.3) is 0 Å². The van der Waals surface area contributed by atoms with E-state index in [0.717, 1.165) is 31.5 Å². The van der Waals surface area contributed by atoms with Crippen molar-refractivity contribution in [3.63, 3.8) is 0 Å². The molecule has 19 heavy (non-hydrogen) atoms. The highest BCUT2D eigenvalue weighted by Crippen LogP contribution is 2.48. The highest BCUT2D eigenvalue weighted by molar-refractivity contribution is 7.89. The molecule has 1 unspecified atom stereocenters. The van der Waals surface area contributed by atoms with Crippen LogP contribution in [-0.2, 0) is 16.6 Å². The fourth-order valence-electron chi connectivity index (χ4n) is 3.01. The molecule has 0 bridgehead atoms. The predicted molar refractivity (Wildman–Crippen MR) is 72.1 cm³/mol. The molecule has 0 amide bonds. The number of nitrogens with zero attached hydrogens (tertiary/aromatic N) is 3. The highest BCUT2D eigenvalue weighted by Gasteiger charge is 2.39. The third kappa shape index (κ3) is 2.67. The maximum absolute atomic E-state index is 11.6. The summed E-state index contributed by atoms with van der Waals surface area (Å²) in [4.78, 5) is 0. The monoisotopic (exact) mass is 286 g/mol. The van der Waals surface area contributed by atoms with Crippen molar-refractivity contribution >= 4 is 10.0 Å². The van der Waals surface area contributed by atoms with Crippen molar-refractivity contribution in [3.05, 3.63) is 5.82 Å². The molecule has 108 valence electrons. The van der Waals surface area contributed by atoms with Gasteiger partial charge in [-0.05, 0) is 24.7 Å². The van der Waals surface area contributed by atoms with E-state index in [4.69, 9.17) is 5.14 Å². The van der Waals surface area contributed by atoms with Crippen LogP contribution in [0.15, 0.2) is 5.16 Å². The van der Waals surface area contributed by atoms with E-state index in [0.29, 0.717) is 6.54 Å². The quantitative estimate of drug-likeness (QED) is 0.910. The molecule has 1 fully saturated rings. The first-order valence-electron chi connectivity index (χ1n) is 6.73. The number of rotatable bonds is 4. The summed E-state index contributed by atoms with van der Waals surface area (Å²) in [6.07, 6.45) is 4.11. The standard InChI is InChI=1S/C12H22N4O2S/c1-4-8-16-10(9-6-5-7-12(9,2)3)14-15-11(16)19(13,17)18/h9H,4-8H2,1-3H3,(H2,13,17,18). The molecule has 1 aliphatic rings. The van der Waals surface area contributed by atoms with Gasteiger partial charge in [0.05, 0.1) is 0 Å². The number of sulfonamides is 1. The van der Waals surface area contributed by atoms with Gasteiger partial charge >= 0.3 is 0 Å². The molecule has 6 nitrogen and oxygen atoms in total. The third-order valence-electron chi connectivity index (χ3n) is 4.02. The van der Waals surface area contributed by atoms with Gasteiger partial charge in [0.25, 0.3) is 15.2 Å². The fourth-order valence-corrected chi connectivity index (χ4v) is 3.65. The van der Waals surface area contributed by atoms with Gasteiger partial charge in [0.1, 0.15) is 5.82 Å². The summed E-state index contributed by atoms with van der Waals surface area (Å²) in [5, 5.41) is 13.1. The van der Waals surface area contributed by atoms with Crippen molar-refractivity contribution in [1.29, 1.82) is 0 Å². The van der Waals surface area contributed by atoms with Gasteiger partial charge in [0.2, 0.25) is 0 Å². The minimum absolute atomic E-state index is 0.105. The summed E-state index contributed by atoms with van der Waals surface area (Å²) >= 11 is 0. The highest BCUT2D eigenvalue weighted by atomic mass is 32.2. The van der Waals surface area contributed by atoms with Gasteiger partial charge in [-0.1, -0.05) is 27.2 Å². The largest absolute Gasteiger partial charge is 0.301 e. The lowest BCUT2D eigenvalue weighted by Gasteiger charge is -2.26. The summed E-state index contributed by atoms with van der Waals surface area (Å²) in [7, 11) is -3.81. The fraction of sp³-hybridized carbons (Fsp3) is 0.833. The van der Waals surface area contributed by atoms with Crippen molar-refractivity contribution in [1.82, 2.24) is 14.8 Å². The number of nitrogens with two attached hydrogens (primary N) is 1. The van der Waals surface area contributed by atoms with Crippen LogP contribution >= 0.6 is 0 Å². The summed E-state index contributed by atoms with van der Waals surface area (Å²) in [6, 6.07) is 0. The van der Waals surface area contributed by atoms with Crippen molar-refractivity contribution in [2.24, 2.45) is 10.6 Å². The first-order valence-corrected chi connectivity index (χ1v) is 8.28. The number of primary sulfonamides is 1. The first kappa shape index (κ1) is 14.5. The molecule has 0 aliphatic heterocycles. The Balaban J connectivity index is 2.50. The summed E-state index contributed by atoms with van der Waals surface area (Å²) < 4.78 is 24.8. The van der Waals surface area contributed by atoms with Crippen LogP contribution in [0.3, 0.4) is 0 Å². The van der Waals surface area contributed by atoms with Crippen molar-refractivity contribution in [2.45, 2.75) is 64.1 Å². The molecule has 1 saturated carbocycles. The lowest BCUT2D eigenvalue weighted by atomic mass is 9.81. The maximum atomic E-state index is 11.6. The molecule has 1 aromatic rings. The molecule has 0 aromatic carbocycles. The zero-order valence-corrected chi connectivity index (χ0v) is 12.6. The lowest BCUT2D eigenvalue weighted by Crippen LogP contribution is -2.23. The van der Waals surface area contributed by atoms with Gasteiger partial charge in [-0.25, -0.2) is 13.6 Å². The molecule has 0 spiro atoms. The van der Waals surface area contributed by atoms with Gasteiger partial charge in [-0.15, -0.1) is 10.2 Å². The molecule has 0 radical (unpaired) electrons. The molecule has 0 saturated heterocycles. The molecular formula is C12H22N4O2S. The minimum atomic E-state index is -3.81. The summed E-state index contributed by atoms with van der Waals surface area (Å²) in [5.74, 6) is 1.02. The van der Waals surface area contributed by atoms with Crippen LogP contribution in [0.1, 0.15) is 58.2 Å². The van der Waals surface area contributed by atoms with Crippen LogP contribution in [0, 0.1) is 5.41 Å². The van der Waals surface area contributed by atoms with Crippen LogP contribution in [0.2, 0.25) is 0 Å². The van der Waals surface area contributed by atoms with E-state index in [1.165, 1.54) is 0 Å². The predicted octanol–water partition coefficient (Wildman–Crippen LogP) is 1.63. The van der Waals surface area contributed by atoms with Crippen LogP contribution < -0.4 is 5.14 Å². The molecule has 1 aliphatic carbocycles. The van der Waals surface area contributed by atoms with Crippen LogP contribution in [0.4, 0.5) is 0 Å². The Morgan fingerprint density at radius 3 is 2.58 bits per heavy atom.